The number of carbonyl (C=O) groups is 1. The summed E-state index contributed by atoms with van der Waals surface area (Å²) in [7, 11) is 1.68. The summed E-state index contributed by atoms with van der Waals surface area (Å²) in [6.45, 7) is 2.67. The number of likely N-dealkylation sites (tertiary alicyclic amines) is 1. The monoisotopic (exact) mass is 249 g/mol. The van der Waals surface area contributed by atoms with Gasteiger partial charge in [-0.15, -0.1) is 0 Å². The van der Waals surface area contributed by atoms with Crippen molar-refractivity contribution in [1.82, 2.24) is 4.90 Å². The summed E-state index contributed by atoms with van der Waals surface area (Å²) in [4.78, 5) is 13.0. The maximum atomic E-state index is 10.7. The predicted molar refractivity (Wildman–Crippen MR) is 68.6 cm³/mol. The molecule has 98 valence electrons. The summed E-state index contributed by atoms with van der Waals surface area (Å²) in [5.41, 5.74) is 1.16. The molecular formula is C14H19NO3. The Balaban J connectivity index is 1.93. The molecular weight excluding hydrogens is 230 g/mol. The average Bonchev–Trinajstić information content (AvgIpc) is 2.76. The van der Waals surface area contributed by atoms with Crippen molar-refractivity contribution in [2.24, 2.45) is 5.92 Å². The second kappa shape index (κ2) is 5.87. The van der Waals surface area contributed by atoms with Crippen molar-refractivity contribution in [3.63, 3.8) is 0 Å². The van der Waals surface area contributed by atoms with E-state index in [1.54, 1.807) is 7.11 Å². The molecule has 1 N–H and O–H groups in total. The van der Waals surface area contributed by atoms with Crippen molar-refractivity contribution in [3.05, 3.63) is 29.8 Å². The summed E-state index contributed by atoms with van der Waals surface area (Å²) >= 11 is 0. The fraction of sp³-hybridized carbons (Fsp3) is 0.500. The van der Waals surface area contributed by atoms with E-state index in [-0.39, 0.29) is 12.3 Å². The molecule has 0 amide bonds. The van der Waals surface area contributed by atoms with E-state index in [1.807, 2.05) is 18.2 Å². The molecule has 1 fully saturated rings. The van der Waals surface area contributed by atoms with Gasteiger partial charge in [0, 0.05) is 25.1 Å². The Morgan fingerprint density at radius 1 is 1.50 bits per heavy atom. The van der Waals surface area contributed by atoms with Crippen LogP contribution in [0.15, 0.2) is 24.3 Å². The molecule has 1 atom stereocenters. The van der Waals surface area contributed by atoms with Crippen LogP contribution in [0.2, 0.25) is 0 Å². The zero-order chi connectivity index (χ0) is 13.0. The first-order chi connectivity index (χ1) is 8.69. The summed E-state index contributed by atoms with van der Waals surface area (Å²) in [5, 5.41) is 8.79. The van der Waals surface area contributed by atoms with E-state index >= 15 is 0 Å². The van der Waals surface area contributed by atoms with Crippen LogP contribution in [0.25, 0.3) is 0 Å². The maximum absolute atomic E-state index is 10.7. The fourth-order valence-electron chi connectivity index (χ4n) is 2.54. The molecule has 2 rings (SSSR count). The van der Waals surface area contributed by atoms with Gasteiger partial charge in [-0.1, -0.05) is 18.2 Å². The van der Waals surface area contributed by atoms with Crippen molar-refractivity contribution in [2.75, 3.05) is 20.2 Å². The first kappa shape index (κ1) is 12.9. The van der Waals surface area contributed by atoms with Gasteiger partial charge < -0.3 is 9.84 Å². The third-order valence-corrected chi connectivity index (χ3v) is 3.42. The van der Waals surface area contributed by atoms with E-state index in [9.17, 15) is 4.79 Å². The molecule has 1 aromatic carbocycles. The van der Waals surface area contributed by atoms with Crippen LogP contribution in [-0.2, 0) is 11.3 Å². The largest absolute Gasteiger partial charge is 0.496 e. The van der Waals surface area contributed by atoms with E-state index in [4.69, 9.17) is 9.84 Å². The zero-order valence-corrected chi connectivity index (χ0v) is 10.6. The molecule has 0 saturated carbocycles. The fourth-order valence-corrected chi connectivity index (χ4v) is 2.54. The van der Waals surface area contributed by atoms with Crippen LogP contribution >= 0.6 is 0 Å². The van der Waals surface area contributed by atoms with Crippen molar-refractivity contribution < 1.29 is 14.6 Å². The number of aliphatic carboxylic acids is 1. The summed E-state index contributed by atoms with van der Waals surface area (Å²) < 4.78 is 5.33. The number of hydrogen-bond acceptors (Lipinski definition) is 3. The molecule has 1 aromatic rings. The molecule has 0 spiro atoms. The Kier molecular flexibility index (Phi) is 4.20. The Bertz CT molecular complexity index is 419. The van der Waals surface area contributed by atoms with Gasteiger partial charge in [0.2, 0.25) is 0 Å². The summed E-state index contributed by atoms with van der Waals surface area (Å²) in [5.74, 6) is 0.496. The van der Waals surface area contributed by atoms with E-state index < -0.39 is 5.97 Å². The molecule has 1 saturated heterocycles. The number of methoxy groups -OCH3 is 1. The second-order valence-corrected chi connectivity index (χ2v) is 4.80. The zero-order valence-electron chi connectivity index (χ0n) is 10.6. The first-order valence-corrected chi connectivity index (χ1v) is 6.25. The smallest absolute Gasteiger partial charge is 0.303 e. The molecule has 4 heteroatoms. The van der Waals surface area contributed by atoms with Gasteiger partial charge in [-0.05, 0) is 24.9 Å². The van der Waals surface area contributed by atoms with E-state index in [2.05, 4.69) is 11.0 Å². The molecule has 0 aliphatic carbocycles. The molecule has 1 aliphatic heterocycles. The Hall–Kier alpha value is -1.55. The number of benzene rings is 1. The van der Waals surface area contributed by atoms with Crippen LogP contribution in [0.5, 0.6) is 5.75 Å². The predicted octanol–water partition coefficient (Wildman–Crippen LogP) is 1.99. The Morgan fingerprint density at radius 3 is 3.00 bits per heavy atom. The van der Waals surface area contributed by atoms with E-state index in [0.717, 1.165) is 37.4 Å². The number of carboxylic acid groups (broad SMARTS) is 1. The number of nitrogens with zero attached hydrogens (tertiary/aromatic N) is 1. The highest BCUT2D eigenvalue weighted by atomic mass is 16.5. The molecule has 0 aromatic heterocycles. The third-order valence-electron chi connectivity index (χ3n) is 3.42. The van der Waals surface area contributed by atoms with E-state index in [0.29, 0.717) is 0 Å². The van der Waals surface area contributed by atoms with Gasteiger partial charge in [-0.2, -0.15) is 0 Å². The van der Waals surface area contributed by atoms with Gasteiger partial charge in [0.15, 0.2) is 0 Å². The van der Waals surface area contributed by atoms with Crippen LogP contribution in [0.3, 0.4) is 0 Å². The minimum absolute atomic E-state index is 0.280. The normalized spacial score (nSPS) is 19.9. The van der Waals surface area contributed by atoms with Gasteiger partial charge in [0.1, 0.15) is 5.75 Å². The summed E-state index contributed by atoms with van der Waals surface area (Å²) in [6, 6.07) is 7.98. The Morgan fingerprint density at radius 2 is 2.28 bits per heavy atom. The van der Waals surface area contributed by atoms with Crippen molar-refractivity contribution in [2.45, 2.75) is 19.4 Å². The molecule has 4 nitrogen and oxygen atoms in total. The highest BCUT2D eigenvalue weighted by Gasteiger charge is 2.24. The van der Waals surface area contributed by atoms with Gasteiger partial charge >= 0.3 is 5.97 Å². The van der Waals surface area contributed by atoms with E-state index in [1.165, 1.54) is 0 Å². The lowest BCUT2D eigenvalue weighted by molar-refractivity contribution is -0.138. The maximum Gasteiger partial charge on any atom is 0.303 e. The van der Waals surface area contributed by atoms with Crippen molar-refractivity contribution >= 4 is 5.97 Å². The number of carboxylic acids is 1. The SMILES string of the molecule is COc1ccccc1CN1CCC(CC(=O)O)C1. The highest BCUT2D eigenvalue weighted by molar-refractivity contribution is 5.67. The lowest BCUT2D eigenvalue weighted by Crippen LogP contribution is -2.21. The number of para-hydroxylation sites is 1. The van der Waals surface area contributed by atoms with Gasteiger partial charge in [-0.25, -0.2) is 0 Å². The topological polar surface area (TPSA) is 49.8 Å². The molecule has 1 unspecified atom stereocenters. The minimum atomic E-state index is -0.695. The number of hydrogen-bond donors (Lipinski definition) is 1. The third kappa shape index (κ3) is 3.23. The first-order valence-electron chi connectivity index (χ1n) is 6.25. The molecule has 1 aliphatic rings. The van der Waals surface area contributed by atoms with Crippen LogP contribution < -0.4 is 4.74 Å². The number of ether oxygens (including phenoxy) is 1. The van der Waals surface area contributed by atoms with Crippen molar-refractivity contribution in [1.29, 1.82) is 0 Å². The summed E-state index contributed by atoms with van der Waals surface area (Å²) in [6.07, 6.45) is 1.25. The minimum Gasteiger partial charge on any atom is -0.496 e. The van der Waals surface area contributed by atoms with Crippen LogP contribution in [0, 0.1) is 5.92 Å². The standard InChI is InChI=1S/C14H19NO3/c1-18-13-5-3-2-4-12(13)10-15-7-6-11(9-15)8-14(16)17/h2-5,11H,6-10H2,1H3,(H,16,17). The second-order valence-electron chi connectivity index (χ2n) is 4.80. The van der Waals surface area contributed by atoms with Crippen LogP contribution in [-0.4, -0.2) is 36.2 Å². The molecule has 1 heterocycles. The molecule has 18 heavy (non-hydrogen) atoms. The quantitative estimate of drug-likeness (QED) is 0.867. The lowest BCUT2D eigenvalue weighted by Gasteiger charge is -2.17. The van der Waals surface area contributed by atoms with Crippen LogP contribution in [0.4, 0.5) is 0 Å². The molecule has 0 bridgehead atoms. The number of rotatable bonds is 5. The average molecular weight is 249 g/mol. The molecule has 0 radical (unpaired) electrons. The van der Waals surface area contributed by atoms with Gasteiger partial charge in [0.05, 0.1) is 7.11 Å². The highest BCUT2D eigenvalue weighted by Crippen LogP contribution is 2.24. The van der Waals surface area contributed by atoms with Crippen LogP contribution in [0.1, 0.15) is 18.4 Å². The van der Waals surface area contributed by atoms with Crippen molar-refractivity contribution in [3.8, 4) is 5.75 Å². The Labute approximate surface area is 107 Å². The van der Waals surface area contributed by atoms with Gasteiger partial charge in [0.25, 0.3) is 0 Å². The lowest BCUT2D eigenvalue weighted by atomic mass is 10.1. The van der Waals surface area contributed by atoms with Gasteiger partial charge in [-0.3, -0.25) is 9.69 Å².